The van der Waals surface area contributed by atoms with Crippen LogP contribution in [0.2, 0.25) is 0 Å². The summed E-state index contributed by atoms with van der Waals surface area (Å²) in [6.07, 6.45) is 79.5. The molecule has 0 spiro atoms. The number of allylic oxidation sites excluding steroid dienone is 2. The lowest BCUT2D eigenvalue weighted by atomic mass is 10.0. The van der Waals surface area contributed by atoms with Crippen molar-refractivity contribution in [1.29, 1.82) is 0 Å². The summed E-state index contributed by atoms with van der Waals surface area (Å²) in [7, 11) is 0. The van der Waals surface area contributed by atoms with E-state index in [0.29, 0.717) is 19.3 Å². The average molecular weight is 1090 g/mol. The van der Waals surface area contributed by atoms with E-state index >= 15 is 0 Å². The predicted octanol–water partition coefficient (Wildman–Crippen LogP) is 24.0. The van der Waals surface area contributed by atoms with Gasteiger partial charge in [-0.1, -0.05) is 354 Å². The normalized spacial score (nSPS) is 12.0. The van der Waals surface area contributed by atoms with Crippen LogP contribution < -0.4 is 0 Å². The SMILES string of the molecule is CCCCCCCCCC/C=C\CCCCCCCCCCCCCCCC(=O)OCC(COC(=O)CCCCCCCCCCCCCCCCCC)OC(=O)CCCCCCCCCCCCCCCCCCCC. The summed E-state index contributed by atoms with van der Waals surface area (Å²) < 4.78 is 17.0. The average Bonchev–Trinajstić information content (AvgIpc) is 3.43. The first-order valence-corrected chi connectivity index (χ1v) is 35.2. The lowest BCUT2D eigenvalue weighted by Crippen LogP contribution is -2.30. The van der Waals surface area contributed by atoms with E-state index in [9.17, 15) is 14.4 Å². The molecule has 0 aliphatic heterocycles. The zero-order valence-electron chi connectivity index (χ0n) is 52.5. The van der Waals surface area contributed by atoms with Crippen LogP contribution in [0.1, 0.15) is 406 Å². The molecule has 0 heterocycles. The molecule has 0 saturated carbocycles. The Morgan fingerprint density at radius 1 is 0.247 bits per heavy atom. The Kier molecular flexibility index (Phi) is 65.1. The molecule has 77 heavy (non-hydrogen) atoms. The summed E-state index contributed by atoms with van der Waals surface area (Å²) in [6, 6.07) is 0. The molecule has 0 N–H and O–H groups in total. The van der Waals surface area contributed by atoms with E-state index in [0.717, 1.165) is 57.8 Å². The fourth-order valence-corrected chi connectivity index (χ4v) is 11.0. The molecule has 0 aliphatic rings. The highest BCUT2D eigenvalue weighted by Crippen LogP contribution is 2.19. The van der Waals surface area contributed by atoms with Gasteiger partial charge in [0.1, 0.15) is 13.2 Å². The van der Waals surface area contributed by atoms with E-state index in [4.69, 9.17) is 14.2 Å². The van der Waals surface area contributed by atoms with Gasteiger partial charge in [-0.3, -0.25) is 14.4 Å². The third-order valence-corrected chi connectivity index (χ3v) is 16.3. The van der Waals surface area contributed by atoms with Gasteiger partial charge in [-0.15, -0.1) is 0 Å². The van der Waals surface area contributed by atoms with Crippen LogP contribution in [0.25, 0.3) is 0 Å². The maximum atomic E-state index is 12.9. The first kappa shape index (κ1) is 75.2. The molecule has 0 aliphatic carbocycles. The van der Waals surface area contributed by atoms with Gasteiger partial charge in [-0.2, -0.15) is 0 Å². The highest BCUT2D eigenvalue weighted by atomic mass is 16.6. The Morgan fingerprint density at radius 2 is 0.429 bits per heavy atom. The van der Waals surface area contributed by atoms with E-state index in [1.54, 1.807) is 0 Å². The zero-order chi connectivity index (χ0) is 55.7. The molecule has 456 valence electrons. The highest BCUT2D eigenvalue weighted by molar-refractivity contribution is 5.71. The minimum atomic E-state index is -0.766. The zero-order valence-corrected chi connectivity index (χ0v) is 52.5. The van der Waals surface area contributed by atoms with Gasteiger partial charge in [0.05, 0.1) is 0 Å². The lowest BCUT2D eigenvalue weighted by molar-refractivity contribution is -0.167. The van der Waals surface area contributed by atoms with Crippen molar-refractivity contribution in [2.45, 2.75) is 412 Å². The standard InChI is InChI=1S/C71H136O6/c1-4-7-10-13-16-19-22-25-28-31-33-34-35-36-37-38-39-41-43-46-49-52-55-58-61-64-70(73)76-67-68(66-75-69(72)63-60-57-54-51-48-45-42-30-27-24-21-18-15-12-9-6-3)77-71(74)65-62-59-56-53-50-47-44-40-32-29-26-23-20-17-14-11-8-5-2/h31,33,68H,4-30,32,34-67H2,1-3H3/b33-31-. The summed E-state index contributed by atoms with van der Waals surface area (Å²) in [4.78, 5) is 38.4. The summed E-state index contributed by atoms with van der Waals surface area (Å²) >= 11 is 0. The highest BCUT2D eigenvalue weighted by Gasteiger charge is 2.19. The number of hydrogen-bond acceptors (Lipinski definition) is 6. The fourth-order valence-electron chi connectivity index (χ4n) is 11.0. The molecule has 6 nitrogen and oxygen atoms in total. The summed E-state index contributed by atoms with van der Waals surface area (Å²) in [5.41, 5.74) is 0. The van der Waals surface area contributed by atoms with Crippen molar-refractivity contribution in [3.63, 3.8) is 0 Å². The van der Waals surface area contributed by atoms with Gasteiger partial charge in [0.15, 0.2) is 6.10 Å². The maximum Gasteiger partial charge on any atom is 0.306 e. The van der Waals surface area contributed by atoms with Crippen LogP contribution in [0.3, 0.4) is 0 Å². The largest absolute Gasteiger partial charge is 0.462 e. The minimum absolute atomic E-state index is 0.0623. The molecule has 0 aromatic rings. The molecule has 0 aromatic heterocycles. The lowest BCUT2D eigenvalue weighted by Gasteiger charge is -2.18. The van der Waals surface area contributed by atoms with Crippen molar-refractivity contribution >= 4 is 17.9 Å². The molecule has 0 amide bonds. The second kappa shape index (κ2) is 66.7. The Labute approximate surface area is 481 Å². The van der Waals surface area contributed by atoms with E-state index in [-0.39, 0.29) is 31.1 Å². The monoisotopic (exact) mass is 1090 g/mol. The van der Waals surface area contributed by atoms with E-state index in [1.807, 2.05) is 0 Å². The number of esters is 3. The van der Waals surface area contributed by atoms with E-state index in [2.05, 4.69) is 32.9 Å². The van der Waals surface area contributed by atoms with Crippen molar-refractivity contribution in [3.8, 4) is 0 Å². The van der Waals surface area contributed by atoms with Crippen molar-refractivity contribution < 1.29 is 28.6 Å². The number of unbranched alkanes of at least 4 members (excludes halogenated alkanes) is 53. The summed E-state index contributed by atoms with van der Waals surface area (Å²) in [6.45, 7) is 6.73. The van der Waals surface area contributed by atoms with Gasteiger partial charge in [-0.25, -0.2) is 0 Å². The summed E-state index contributed by atoms with van der Waals surface area (Å²) in [5, 5.41) is 0. The fraction of sp³-hybridized carbons (Fsp3) is 0.930. The number of rotatable bonds is 66. The van der Waals surface area contributed by atoms with Crippen molar-refractivity contribution in [2.24, 2.45) is 0 Å². The van der Waals surface area contributed by atoms with Gasteiger partial charge >= 0.3 is 17.9 Å². The van der Waals surface area contributed by atoms with Gasteiger partial charge < -0.3 is 14.2 Å². The minimum Gasteiger partial charge on any atom is -0.462 e. The quantitative estimate of drug-likeness (QED) is 0.0261. The first-order chi connectivity index (χ1) is 38.0. The smallest absolute Gasteiger partial charge is 0.306 e. The topological polar surface area (TPSA) is 78.9 Å². The van der Waals surface area contributed by atoms with Crippen molar-refractivity contribution in [3.05, 3.63) is 12.2 Å². The number of carbonyl (C=O) groups excluding carboxylic acids is 3. The number of carbonyl (C=O) groups is 3. The first-order valence-electron chi connectivity index (χ1n) is 35.2. The van der Waals surface area contributed by atoms with Crippen LogP contribution in [-0.2, 0) is 28.6 Å². The molecule has 6 heteroatoms. The van der Waals surface area contributed by atoms with E-state index < -0.39 is 6.10 Å². The van der Waals surface area contributed by atoms with Crippen molar-refractivity contribution in [1.82, 2.24) is 0 Å². The second-order valence-corrected chi connectivity index (χ2v) is 24.2. The van der Waals surface area contributed by atoms with Crippen LogP contribution in [0.5, 0.6) is 0 Å². The molecular weight excluding hydrogens is 949 g/mol. The molecule has 0 radical (unpaired) electrons. The third kappa shape index (κ3) is 64.9. The van der Waals surface area contributed by atoms with Crippen LogP contribution in [-0.4, -0.2) is 37.2 Å². The molecule has 0 saturated heterocycles. The maximum absolute atomic E-state index is 12.9. The van der Waals surface area contributed by atoms with Crippen LogP contribution >= 0.6 is 0 Å². The third-order valence-electron chi connectivity index (χ3n) is 16.3. The molecule has 0 rings (SSSR count). The molecule has 0 aromatic carbocycles. The Balaban J connectivity index is 4.24. The van der Waals surface area contributed by atoms with E-state index in [1.165, 1.54) is 308 Å². The van der Waals surface area contributed by atoms with Crippen LogP contribution in [0.15, 0.2) is 12.2 Å². The van der Waals surface area contributed by atoms with Gasteiger partial charge in [-0.05, 0) is 44.9 Å². The molecule has 0 fully saturated rings. The predicted molar refractivity (Wildman–Crippen MR) is 335 cm³/mol. The van der Waals surface area contributed by atoms with Gasteiger partial charge in [0.25, 0.3) is 0 Å². The molecule has 1 atom stereocenters. The number of ether oxygens (including phenoxy) is 3. The van der Waals surface area contributed by atoms with Gasteiger partial charge in [0, 0.05) is 19.3 Å². The molecule has 0 bridgehead atoms. The Morgan fingerprint density at radius 3 is 0.649 bits per heavy atom. The van der Waals surface area contributed by atoms with Gasteiger partial charge in [0.2, 0.25) is 0 Å². The Bertz CT molecular complexity index is 1200. The van der Waals surface area contributed by atoms with Crippen LogP contribution in [0, 0.1) is 0 Å². The Hall–Kier alpha value is -1.85. The summed E-state index contributed by atoms with van der Waals surface area (Å²) in [5.74, 6) is -0.825. The molecule has 1 unspecified atom stereocenters. The van der Waals surface area contributed by atoms with Crippen LogP contribution in [0.4, 0.5) is 0 Å². The number of hydrogen-bond donors (Lipinski definition) is 0. The second-order valence-electron chi connectivity index (χ2n) is 24.2. The molecular formula is C71H136O6. The van der Waals surface area contributed by atoms with Crippen molar-refractivity contribution in [2.75, 3.05) is 13.2 Å².